The van der Waals surface area contributed by atoms with Gasteiger partial charge in [-0.1, -0.05) is 20.8 Å². The molecule has 2 heterocycles. The van der Waals surface area contributed by atoms with Gasteiger partial charge in [-0.05, 0) is 69.2 Å². The average molecular weight is 651 g/mol. The van der Waals surface area contributed by atoms with Crippen molar-refractivity contribution >= 4 is 52.2 Å². The largest absolute Gasteiger partial charge is 0.481 e. The summed E-state index contributed by atoms with van der Waals surface area (Å²) >= 11 is 0. The number of esters is 1. The van der Waals surface area contributed by atoms with Crippen LogP contribution in [0.1, 0.15) is 89.7 Å². The van der Waals surface area contributed by atoms with Gasteiger partial charge in [-0.3, -0.25) is 14.4 Å². The number of carboxylic acids is 1. The number of ketones is 1. The van der Waals surface area contributed by atoms with Crippen molar-refractivity contribution in [3.8, 4) is 0 Å². The van der Waals surface area contributed by atoms with E-state index in [2.05, 4.69) is 25.3 Å². The number of hydrogen-bond donors (Lipinski definition) is 4. The molecule has 0 spiro atoms. The maximum atomic E-state index is 13.3. The van der Waals surface area contributed by atoms with Crippen LogP contribution in [-0.4, -0.2) is 67.4 Å². The normalized spacial score (nSPS) is 13.1. The predicted molar refractivity (Wildman–Crippen MR) is 178 cm³/mol. The quantitative estimate of drug-likeness (QED) is 0.182. The van der Waals surface area contributed by atoms with Crippen molar-refractivity contribution in [3.05, 3.63) is 41.7 Å². The zero-order chi connectivity index (χ0) is 35.1. The molecule has 6 N–H and O–H groups in total. The third kappa shape index (κ3) is 11.2. The number of nitrogen functional groups attached to an aromatic ring is 2. The second-order valence-electron chi connectivity index (χ2n) is 13.7. The van der Waals surface area contributed by atoms with Gasteiger partial charge in [-0.2, -0.15) is 9.97 Å². The van der Waals surface area contributed by atoms with Crippen molar-refractivity contribution < 1.29 is 29.0 Å². The Morgan fingerprint density at radius 3 is 2.21 bits per heavy atom. The molecular weight excluding hydrogens is 604 g/mol. The standard InChI is InChI=1S/C33H46N8O6/c1-32(2,3)20(10-15-25(43)44)16-23(42)13-14-24(30(46)47-33(4,5)6)38-29(45)19-8-11-22(12-9-19)41(7)18-21-17-36-28-26(37-21)27(34)39-31(35)40-28/h8-9,11-12,17,20,24H,10,13-16,18H2,1-7H3,(H,38,45)(H,43,44)(H4,34,35,36,39,40)/t20-,24+/m1/s1. The van der Waals surface area contributed by atoms with E-state index in [0.29, 0.717) is 35.4 Å². The minimum Gasteiger partial charge on any atom is -0.481 e. The molecule has 254 valence electrons. The number of ether oxygens (including phenoxy) is 1. The van der Waals surface area contributed by atoms with Crippen LogP contribution >= 0.6 is 0 Å². The van der Waals surface area contributed by atoms with Gasteiger partial charge >= 0.3 is 11.9 Å². The number of anilines is 3. The number of nitrogens with two attached hydrogens (primary N) is 2. The molecule has 2 atom stereocenters. The number of carbonyl (C=O) groups excluding carboxylic acids is 3. The van der Waals surface area contributed by atoms with Crippen LogP contribution in [0.5, 0.6) is 0 Å². The number of carboxylic acid groups (broad SMARTS) is 1. The Hall–Kier alpha value is -4.88. The van der Waals surface area contributed by atoms with E-state index < -0.39 is 29.5 Å². The number of hydrogen-bond acceptors (Lipinski definition) is 12. The number of carbonyl (C=O) groups is 4. The molecule has 0 bridgehead atoms. The molecule has 3 aromatic rings. The van der Waals surface area contributed by atoms with Crippen molar-refractivity contribution in [2.45, 2.75) is 91.8 Å². The highest BCUT2D eigenvalue weighted by molar-refractivity contribution is 5.97. The van der Waals surface area contributed by atoms with E-state index in [0.717, 1.165) is 5.69 Å². The zero-order valence-corrected chi connectivity index (χ0v) is 28.2. The number of nitrogens with zero attached hydrogens (tertiary/aromatic N) is 5. The second-order valence-corrected chi connectivity index (χ2v) is 13.7. The SMILES string of the molecule is CN(Cc1cnc2nc(N)nc(N)c2n1)c1ccc(C(=O)N[C@@H](CCC(=O)C[C@@H](CCC(=O)O)C(C)(C)C)C(=O)OC(C)(C)C)cc1. The first-order valence-electron chi connectivity index (χ1n) is 15.5. The van der Waals surface area contributed by atoms with Crippen molar-refractivity contribution in [1.82, 2.24) is 25.3 Å². The topological polar surface area (TPSA) is 217 Å². The van der Waals surface area contributed by atoms with Crippen LogP contribution < -0.4 is 21.7 Å². The Morgan fingerprint density at radius 1 is 0.957 bits per heavy atom. The molecule has 14 nitrogen and oxygen atoms in total. The molecule has 3 rings (SSSR count). The van der Waals surface area contributed by atoms with E-state index in [1.807, 2.05) is 32.7 Å². The molecule has 14 heteroatoms. The number of rotatable bonds is 14. The van der Waals surface area contributed by atoms with Crippen LogP contribution in [0.15, 0.2) is 30.5 Å². The van der Waals surface area contributed by atoms with Crippen LogP contribution in [0.4, 0.5) is 17.5 Å². The van der Waals surface area contributed by atoms with Crippen molar-refractivity contribution in [1.29, 1.82) is 0 Å². The maximum Gasteiger partial charge on any atom is 0.329 e. The van der Waals surface area contributed by atoms with E-state index in [9.17, 15) is 19.2 Å². The summed E-state index contributed by atoms with van der Waals surface area (Å²) in [5.41, 5.74) is 12.9. The number of benzene rings is 1. The molecule has 0 radical (unpaired) electrons. The summed E-state index contributed by atoms with van der Waals surface area (Å²) in [7, 11) is 1.85. The molecule has 0 aliphatic heterocycles. The molecule has 0 fully saturated rings. The molecule has 0 unspecified atom stereocenters. The summed E-state index contributed by atoms with van der Waals surface area (Å²) in [6.07, 6.45) is 2.17. The van der Waals surface area contributed by atoms with Crippen LogP contribution in [-0.2, 0) is 25.7 Å². The summed E-state index contributed by atoms with van der Waals surface area (Å²) < 4.78 is 5.55. The van der Waals surface area contributed by atoms with Crippen LogP contribution in [0, 0.1) is 11.3 Å². The fraction of sp³-hybridized carbons (Fsp3) is 0.515. The first-order valence-corrected chi connectivity index (χ1v) is 15.5. The van der Waals surface area contributed by atoms with Gasteiger partial charge in [-0.15, -0.1) is 0 Å². The van der Waals surface area contributed by atoms with Crippen LogP contribution in [0.25, 0.3) is 11.2 Å². The van der Waals surface area contributed by atoms with Gasteiger partial charge in [0.15, 0.2) is 17.0 Å². The lowest BCUT2D eigenvalue weighted by Crippen LogP contribution is -2.44. The number of fused-ring (bicyclic) bond motifs is 1. The van der Waals surface area contributed by atoms with E-state index >= 15 is 0 Å². The third-order valence-corrected chi connectivity index (χ3v) is 7.58. The van der Waals surface area contributed by atoms with E-state index in [1.54, 1.807) is 51.2 Å². The minimum absolute atomic E-state index is 0.0170. The summed E-state index contributed by atoms with van der Waals surface area (Å²) in [6.45, 7) is 11.5. The molecule has 2 aromatic heterocycles. The number of amides is 1. The average Bonchev–Trinajstić information content (AvgIpc) is 2.96. The maximum absolute atomic E-state index is 13.3. The monoisotopic (exact) mass is 650 g/mol. The van der Waals surface area contributed by atoms with Crippen LogP contribution in [0.2, 0.25) is 0 Å². The number of aliphatic carboxylic acids is 1. The smallest absolute Gasteiger partial charge is 0.329 e. The van der Waals surface area contributed by atoms with Gasteiger partial charge in [0.05, 0.1) is 18.4 Å². The van der Waals surface area contributed by atoms with E-state index in [1.165, 1.54) is 0 Å². The van der Waals surface area contributed by atoms with Crippen molar-refractivity contribution in [3.63, 3.8) is 0 Å². The van der Waals surface area contributed by atoms with Gasteiger partial charge in [0.2, 0.25) is 5.95 Å². The summed E-state index contributed by atoms with van der Waals surface area (Å²) in [6, 6.07) is 5.73. The molecule has 0 saturated carbocycles. The zero-order valence-electron chi connectivity index (χ0n) is 28.2. The van der Waals surface area contributed by atoms with Crippen molar-refractivity contribution in [2.75, 3.05) is 23.4 Å². The lowest BCUT2D eigenvalue weighted by molar-refractivity contribution is -0.157. The molecule has 0 aliphatic rings. The summed E-state index contributed by atoms with van der Waals surface area (Å²) in [5, 5.41) is 11.9. The Balaban J connectivity index is 1.68. The molecule has 0 saturated heterocycles. The Kier molecular flexibility index (Phi) is 11.8. The highest BCUT2D eigenvalue weighted by atomic mass is 16.6. The predicted octanol–water partition coefficient (Wildman–Crippen LogP) is 3.93. The first-order chi connectivity index (χ1) is 21.8. The summed E-state index contributed by atoms with van der Waals surface area (Å²) in [4.78, 5) is 69.1. The van der Waals surface area contributed by atoms with Crippen LogP contribution in [0.3, 0.4) is 0 Å². The van der Waals surface area contributed by atoms with Gasteiger partial charge in [0.1, 0.15) is 17.4 Å². The summed E-state index contributed by atoms with van der Waals surface area (Å²) in [5.74, 6) is -2.14. The third-order valence-electron chi connectivity index (χ3n) is 7.58. The Bertz CT molecular complexity index is 1600. The highest BCUT2D eigenvalue weighted by Crippen LogP contribution is 2.33. The number of nitrogens with one attached hydrogen (secondary N) is 1. The van der Waals surface area contributed by atoms with E-state index in [4.69, 9.17) is 21.3 Å². The minimum atomic E-state index is -1.06. The van der Waals surface area contributed by atoms with E-state index in [-0.39, 0.29) is 54.6 Å². The number of Topliss-reactive ketones (excluding diaryl/α,β-unsaturated/α-hetero) is 1. The lowest BCUT2D eigenvalue weighted by atomic mass is 9.75. The van der Waals surface area contributed by atoms with Gasteiger partial charge in [0, 0.05) is 37.6 Å². The molecular formula is C33H46N8O6. The van der Waals surface area contributed by atoms with Crippen molar-refractivity contribution in [2.24, 2.45) is 11.3 Å². The molecule has 1 aromatic carbocycles. The van der Waals surface area contributed by atoms with Gasteiger partial charge in [0.25, 0.3) is 5.91 Å². The fourth-order valence-corrected chi connectivity index (χ4v) is 4.95. The lowest BCUT2D eigenvalue weighted by Gasteiger charge is -2.30. The Labute approximate surface area is 274 Å². The van der Waals surface area contributed by atoms with Gasteiger partial charge in [-0.25, -0.2) is 14.8 Å². The highest BCUT2D eigenvalue weighted by Gasteiger charge is 2.30. The molecule has 0 aliphatic carbocycles. The van der Waals surface area contributed by atoms with Gasteiger partial charge < -0.3 is 31.5 Å². The first kappa shape index (κ1) is 36.6. The molecule has 47 heavy (non-hydrogen) atoms. The second kappa shape index (κ2) is 15.1. The molecule has 1 amide bonds. The number of aromatic nitrogens is 4. The Morgan fingerprint density at radius 2 is 1.62 bits per heavy atom. The fourth-order valence-electron chi connectivity index (χ4n) is 4.95.